The fourth-order valence-electron chi connectivity index (χ4n) is 3.07. The van der Waals surface area contributed by atoms with Crippen LogP contribution in [-0.2, 0) is 4.74 Å². The SMILES string of the molecule is CC(C)(C)OC(=O)N1CCC2(CC1)C[C@H]2CCO. The molecule has 18 heavy (non-hydrogen) atoms. The molecule has 0 aromatic carbocycles. The molecule has 2 aliphatic rings. The normalized spacial score (nSPS) is 26.2. The van der Waals surface area contributed by atoms with Crippen LogP contribution in [0.4, 0.5) is 4.79 Å². The Hall–Kier alpha value is -0.770. The number of rotatable bonds is 2. The maximum Gasteiger partial charge on any atom is 0.410 e. The van der Waals surface area contributed by atoms with Crippen molar-refractivity contribution >= 4 is 6.09 Å². The molecule has 4 nitrogen and oxygen atoms in total. The van der Waals surface area contributed by atoms with Crippen LogP contribution in [0.1, 0.15) is 46.5 Å². The van der Waals surface area contributed by atoms with Gasteiger partial charge in [-0.25, -0.2) is 4.79 Å². The van der Waals surface area contributed by atoms with Crippen molar-refractivity contribution < 1.29 is 14.6 Å². The number of nitrogens with zero attached hydrogens (tertiary/aromatic N) is 1. The summed E-state index contributed by atoms with van der Waals surface area (Å²) in [5.41, 5.74) is 0.0203. The molecule has 1 saturated heterocycles. The van der Waals surface area contributed by atoms with Crippen molar-refractivity contribution in [3.8, 4) is 0 Å². The predicted molar refractivity (Wildman–Crippen MR) is 69.3 cm³/mol. The van der Waals surface area contributed by atoms with E-state index in [0.717, 1.165) is 32.4 Å². The molecule has 2 rings (SSSR count). The molecule has 1 atom stereocenters. The van der Waals surface area contributed by atoms with Gasteiger partial charge in [0.05, 0.1) is 0 Å². The number of ether oxygens (including phenoxy) is 1. The van der Waals surface area contributed by atoms with E-state index in [1.807, 2.05) is 25.7 Å². The highest BCUT2D eigenvalue weighted by Crippen LogP contribution is 2.60. The number of carbonyl (C=O) groups is 1. The molecule has 1 saturated carbocycles. The zero-order valence-corrected chi connectivity index (χ0v) is 11.7. The average Bonchev–Trinajstić information content (AvgIpc) is 2.90. The minimum atomic E-state index is -0.411. The number of piperidine rings is 1. The molecule has 2 fully saturated rings. The van der Waals surface area contributed by atoms with Gasteiger partial charge in [0.1, 0.15) is 5.60 Å². The highest BCUT2D eigenvalue weighted by Gasteiger charge is 2.54. The van der Waals surface area contributed by atoms with Crippen molar-refractivity contribution in [1.29, 1.82) is 0 Å². The van der Waals surface area contributed by atoms with E-state index in [2.05, 4.69) is 0 Å². The molecule has 0 radical (unpaired) electrons. The molecule has 1 N–H and O–H groups in total. The Bertz CT molecular complexity index is 313. The number of hydrogen-bond acceptors (Lipinski definition) is 3. The zero-order chi connectivity index (χ0) is 13.4. The first kappa shape index (κ1) is 13.7. The third kappa shape index (κ3) is 2.97. The zero-order valence-electron chi connectivity index (χ0n) is 11.7. The van der Waals surface area contributed by atoms with Crippen LogP contribution in [0.5, 0.6) is 0 Å². The number of amides is 1. The first-order valence-corrected chi connectivity index (χ1v) is 6.95. The van der Waals surface area contributed by atoms with Crippen LogP contribution in [0.25, 0.3) is 0 Å². The number of aliphatic hydroxyl groups excluding tert-OH is 1. The van der Waals surface area contributed by atoms with Gasteiger partial charge >= 0.3 is 6.09 Å². The molecule has 1 aliphatic heterocycles. The second-order valence-corrected chi connectivity index (χ2v) is 6.74. The fourth-order valence-corrected chi connectivity index (χ4v) is 3.07. The van der Waals surface area contributed by atoms with E-state index in [1.54, 1.807) is 0 Å². The Morgan fingerprint density at radius 3 is 2.50 bits per heavy atom. The summed E-state index contributed by atoms with van der Waals surface area (Å²) in [5.74, 6) is 0.684. The molecule has 0 bridgehead atoms. The first-order chi connectivity index (χ1) is 8.36. The van der Waals surface area contributed by atoms with Gasteiger partial charge in [-0.2, -0.15) is 0 Å². The average molecular weight is 255 g/mol. The van der Waals surface area contributed by atoms with Crippen LogP contribution >= 0.6 is 0 Å². The monoisotopic (exact) mass is 255 g/mol. The maximum absolute atomic E-state index is 11.9. The Morgan fingerprint density at radius 1 is 1.39 bits per heavy atom. The molecule has 0 unspecified atom stereocenters. The first-order valence-electron chi connectivity index (χ1n) is 6.95. The molecule has 0 aromatic heterocycles. The minimum Gasteiger partial charge on any atom is -0.444 e. The van der Waals surface area contributed by atoms with Gasteiger partial charge < -0.3 is 14.7 Å². The van der Waals surface area contributed by atoms with Gasteiger partial charge in [0.25, 0.3) is 0 Å². The van der Waals surface area contributed by atoms with Crippen LogP contribution in [0.15, 0.2) is 0 Å². The number of likely N-dealkylation sites (tertiary alicyclic amines) is 1. The van der Waals surface area contributed by atoms with Gasteiger partial charge in [0.15, 0.2) is 0 Å². The lowest BCUT2D eigenvalue weighted by atomic mass is 9.90. The van der Waals surface area contributed by atoms with Gasteiger partial charge in [-0.3, -0.25) is 0 Å². The summed E-state index contributed by atoms with van der Waals surface area (Å²) in [6, 6.07) is 0. The second-order valence-electron chi connectivity index (χ2n) is 6.74. The van der Waals surface area contributed by atoms with Crippen LogP contribution in [0.3, 0.4) is 0 Å². The molecule has 1 spiro atoms. The maximum atomic E-state index is 11.9. The Morgan fingerprint density at radius 2 is 2.00 bits per heavy atom. The third-order valence-corrected chi connectivity index (χ3v) is 4.25. The molecule has 1 aliphatic carbocycles. The highest BCUT2D eigenvalue weighted by atomic mass is 16.6. The van der Waals surface area contributed by atoms with Gasteiger partial charge in [-0.15, -0.1) is 0 Å². The van der Waals surface area contributed by atoms with E-state index in [9.17, 15) is 4.79 Å². The van der Waals surface area contributed by atoms with Crippen LogP contribution in [0, 0.1) is 11.3 Å². The summed E-state index contributed by atoms with van der Waals surface area (Å²) >= 11 is 0. The van der Waals surface area contributed by atoms with Gasteiger partial charge in [0.2, 0.25) is 0 Å². The fraction of sp³-hybridized carbons (Fsp3) is 0.929. The van der Waals surface area contributed by atoms with Crippen molar-refractivity contribution in [3.05, 3.63) is 0 Å². The topological polar surface area (TPSA) is 49.8 Å². The number of hydrogen-bond donors (Lipinski definition) is 1. The summed E-state index contributed by atoms with van der Waals surface area (Å²) in [7, 11) is 0. The largest absolute Gasteiger partial charge is 0.444 e. The lowest BCUT2D eigenvalue weighted by Gasteiger charge is -2.34. The van der Waals surface area contributed by atoms with Gasteiger partial charge in [-0.1, -0.05) is 0 Å². The highest BCUT2D eigenvalue weighted by molar-refractivity contribution is 5.68. The second kappa shape index (κ2) is 4.72. The standard InChI is InChI=1S/C14H25NO3/c1-13(2,3)18-12(17)15-7-5-14(6-8-15)10-11(14)4-9-16/h11,16H,4-10H2,1-3H3/t11-/m1/s1. The van der Waals surface area contributed by atoms with Crippen molar-refractivity contribution in [2.45, 2.75) is 52.1 Å². The lowest BCUT2D eigenvalue weighted by Crippen LogP contribution is -2.42. The van der Waals surface area contributed by atoms with E-state index in [1.165, 1.54) is 6.42 Å². The molecule has 4 heteroatoms. The molecular weight excluding hydrogens is 230 g/mol. The third-order valence-electron chi connectivity index (χ3n) is 4.25. The van der Waals surface area contributed by atoms with Gasteiger partial charge in [0, 0.05) is 19.7 Å². The van der Waals surface area contributed by atoms with E-state index in [4.69, 9.17) is 9.84 Å². The summed E-state index contributed by atoms with van der Waals surface area (Å²) in [6.45, 7) is 7.59. The Kier molecular flexibility index (Phi) is 3.58. The molecule has 0 aromatic rings. The number of carbonyl (C=O) groups excluding carboxylic acids is 1. The Labute approximate surface area is 109 Å². The lowest BCUT2D eigenvalue weighted by molar-refractivity contribution is 0.0163. The molecule has 104 valence electrons. The van der Waals surface area contributed by atoms with Crippen LogP contribution in [-0.4, -0.2) is 41.4 Å². The van der Waals surface area contributed by atoms with Crippen molar-refractivity contribution in [1.82, 2.24) is 4.90 Å². The van der Waals surface area contributed by atoms with E-state index >= 15 is 0 Å². The smallest absolute Gasteiger partial charge is 0.410 e. The summed E-state index contributed by atoms with van der Waals surface area (Å²) in [5, 5.41) is 8.97. The molecular formula is C14H25NO3. The predicted octanol–water partition coefficient (Wildman–Crippen LogP) is 2.41. The van der Waals surface area contributed by atoms with E-state index in [0.29, 0.717) is 17.9 Å². The van der Waals surface area contributed by atoms with Crippen LogP contribution in [0.2, 0.25) is 0 Å². The Balaban J connectivity index is 1.79. The number of aliphatic hydroxyl groups is 1. The van der Waals surface area contributed by atoms with Crippen LogP contribution < -0.4 is 0 Å². The summed E-state index contributed by atoms with van der Waals surface area (Å²) in [4.78, 5) is 13.7. The minimum absolute atomic E-state index is 0.184. The van der Waals surface area contributed by atoms with E-state index in [-0.39, 0.29) is 6.09 Å². The molecule has 1 amide bonds. The van der Waals surface area contributed by atoms with Crippen molar-refractivity contribution in [2.24, 2.45) is 11.3 Å². The van der Waals surface area contributed by atoms with Crippen molar-refractivity contribution in [3.63, 3.8) is 0 Å². The van der Waals surface area contributed by atoms with E-state index < -0.39 is 5.60 Å². The summed E-state index contributed by atoms with van der Waals surface area (Å²) < 4.78 is 5.39. The van der Waals surface area contributed by atoms with Crippen molar-refractivity contribution in [2.75, 3.05) is 19.7 Å². The summed E-state index contributed by atoms with van der Waals surface area (Å²) in [6.07, 6.45) is 4.10. The van der Waals surface area contributed by atoms with Gasteiger partial charge in [-0.05, 0) is 57.8 Å². The quantitative estimate of drug-likeness (QED) is 0.824. The molecule has 1 heterocycles.